The van der Waals surface area contributed by atoms with E-state index in [1.165, 1.54) is 22.5 Å². The average Bonchev–Trinajstić information content (AvgIpc) is 3.41. The van der Waals surface area contributed by atoms with Crippen LogP contribution in [0, 0.1) is 13.8 Å². The first-order valence-corrected chi connectivity index (χ1v) is 11.6. The molecule has 0 saturated carbocycles. The predicted molar refractivity (Wildman–Crippen MR) is 130 cm³/mol. The zero-order chi connectivity index (χ0) is 22.7. The molecule has 0 spiro atoms. The second kappa shape index (κ2) is 9.77. The van der Waals surface area contributed by atoms with Crippen molar-refractivity contribution in [3.05, 3.63) is 97.4 Å². The van der Waals surface area contributed by atoms with Gasteiger partial charge in [-0.05, 0) is 66.2 Å². The van der Waals surface area contributed by atoms with Gasteiger partial charge in [-0.3, -0.25) is 9.48 Å². The number of anilines is 1. The summed E-state index contributed by atoms with van der Waals surface area (Å²) in [5, 5.41) is 10.1. The molecular formula is C24H21Cl2N3O2S. The minimum absolute atomic E-state index is 0.179. The van der Waals surface area contributed by atoms with Gasteiger partial charge in [0, 0.05) is 11.8 Å². The first-order valence-electron chi connectivity index (χ1n) is 9.92. The van der Waals surface area contributed by atoms with Crippen molar-refractivity contribution < 1.29 is 9.53 Å². The number of carbonyl (C=O) groups excluding carboxylic acids is 1. The number of rotatable bonds is 7. The van der Waals surface area contributed by atoms with Crippen LogP contribution in [0.3, 0.4) is 0 Å². The molecule has 1 amide bonds. The van der Waals surface area contributed by atoms with E-state index in [4.69, 9.17) is 27.9 Å². The number of hydrogen-bond acceptors (Lipinski definition) is 4. The van der Waals surface area contributed by atoms with Crippen molar-refractivity contribution in [1.29, 1.82) is 0 Å². The van der Waals surface area contributed by atoms with Gasteiger partial charge in [0.2, 0.25) is 0 Å². The number of benzene rings is 2. The normalized spacial score (nSPS) is 10.9. The third kappa shape index (κ3) is 5.51. The zero-order valence-electron chi connectivity index (χ0n) is 17.6. The lowest BCUT2D eigenvalue weighted by molar-refractivity contribution is 0.103. The zero-order valence-corrected chi connectivity index (χ0v) is 19.9. The van der Waals surface area contributed by atoms with Gasteiger partial charge in [0.25, 0.3) is 5.91 Å². The maximum Gasteiger partial charge on any atom is 0.265 e. The summed E-state index contributed by atoms with van der Waals surface area (Å²) in [5.41, 5.74) is 4.96. The molecule has 0 radical (unpaired) electrons. The van der Waals surface area contributed by atoms with E-state index < -0.39 is 0 Å². The van der Waals surface area contributed by atoms with Gasteiger partial charge in [-0.1, -0.05) is 35.3 Å². The number of aromatic nitrogens is 2. The molecule has 2 heterocycles. The van der Waals surface area contributed by atoms with E-state index in [-0.39, 0.29) is 5.91 Å². The first-order chi connectivity index (χ1) is 15.4. The monoisotopic (exact) mass is 485 g/mol. The van der Waals surface area contributed by atoms with E-state index in [0.717, 1.165) is 16.9 Å². The molecule has 4 aromatic rings. The summed E-state index contributed by atoms with van der Waals surface area (Å²) in [6.45, 7) is 5.06. The van der Waals surface area contributed by atoms with E-state index in [2.05, 4.69) is 24.3 Å². The van der Waals surface area contributed by atoms with Crippen molar-refractivity contribution in [2.24, 2.45) is 0 Å². The van der Waals surface area contributed by atoms with Crippen molar-refractivity contribution in [1.82, 2.24) is 9.78 Å². The van der Waals surface area contributed by atoms with Crippen molar-refractivity contribution in [2.75, 3.05) is 5.32 Å². The summed E-state index contributed by atoms with van der Waals surface area (Å²) in [7, 11) is 0. The first kappa shape index (κ1) is 22.4. The average molecular weight is 486 g/mol. The molecule has 0 fully saturated rings. The summed E-state index contributed by atoms with van der Waals surface area (Å²) < 4.78 is 7.59. The number of carbonyl (C=O) groups is 1. The lowest BCUT2D eigenvalue weighted by Gasteiger charge is -2.07. The Morgan fingerprint density at radius 2 is 1.91 bits per heavy atom. The molecule has 0 aliphatic heterocycles. The Morgan fingerprint density at radius 3 is 2.69 bits per heavy atom. The van der Waals surface area contributed by atoms with E-state index in [0.29, 0.717) is 33.8 Å². The van der Waals surface area contributed by atoms with Crippen LogP contribution in [-0.4, -0.2) is 15.7 Å². The van der Waals surface area contributed by atoms with Gasteiger partial charge in [-0.2, -0.15) is 5.10 Å². The van der Waals surface area contributed by atoms with Crippen LogP contribution in [0.1, 0.15) is 31.9 Å². The minimum Gasteiger partial charge on any atom is -0.489 e. The lowest BCUT2D eigenvalue weighted by atomic mass is 10.1. The van der Waals surface area contributed by atoms with Crippen molar-refractivity contribution >= 4 is 46.1 Å². The van der Waals surface area contributed by atoms with E-state index in [1.807, 2.05) is 35.7 Å². The maximum atomic E-state index is 12.6. The molecule has 0 aliphatic carbocycles. The highest BCUT2D eigenvalue weighted by atomic mass is 35.5. The van der Waals surface area contributed by atoms with Crippen molar-refractivity contribution in [2.45, 2.75) is 27.0 Å². The van der Waals surface area contributed by atoms with Gasteiger partial charge in [0.1, 0.15) is 12.4 Å². The van der Waals surface area contributed by atoms with Crippen molar-refractivity contribution in [3.63, 3.8) is 0 Å². The van der Waals surface area contributed by atoms with Crippen LogP contribution in [-0.2, 0) is 13.2 Å². The largest absolute Gasteiger partial charge is 0.489 e. The second-order valence-corrected chi connectivity index (χ2v) is 9.21. The lowest BCUT2D eigenvalue weighted by Crippen LogP contribution is -2.09. The number of ether oxygens (including phenoxy) is 1. The van der Waals surface area contributed by atoms with Crippen LogP contribution >= 0.6 is 34.5 Å². The van der Waals surface area contributed by atoms with Gasteiger partial charge in [0.05, 0.1) is 33.4 Å². The highest BCUT2D eigenvalue weighted by molar-refractivity contribution is 7.12. The Kier molecular flexibility index (Phi) is 6.84. The third-order valence-electron chi connectivity index (χ3n) is 4.98. The van der Waals surface area contributed by atoms with Gasteiger partial charge in [-0.15, -0.1) is 11.3 Å². The van der Waals surface area contributed by atoms with Gasteiger partial charge >= 0.3 is 0 Å². The number of halogens is 2. The number of nitrogens with zero attached hydrogens (tertiary/aromatic N) is 2. The van der Waals surface area contributed by atoms with Gasteiger partial charge in [0.15, 0.2) is 0 Å². The Bertz CT molecular complexity index is 1270. The number of aryl methyl sites for hydroxylation is 2. The Balaban J connectivity index is 1.33. The van der Waals surface area contributed by atoms with E-state index in [9.17, 15) is 4.79 Å². The predicted octanol–water partition coefficient (Wildman–Crippen LogP) is 6.75. The van der Waals surface area contributed by atoms with Crippen LogP contribution in [0.15, 0.2) is 60.2 Å². The summed E-state index contributed by atoms with van der Waals surface area (Å²) in [4.78, 5) is 13.2. The summed E-state index contributed by atoms with van der Waals surface area (Å²) in [5.74, 6) is 0.640. The molecule has 2 aromatic carbocycles. The Hall–Kier alpha value is -2.80. The summed E-state index contributed by atoms with van der Waals surface area (Å²) in [6.07, 6.45) is 3.39. The molecule has 5 nitrogen and oxygen atoms in total. The highest BCUT2D eigenvalue weighted by Gasteiger charge is 2.12. The molecule has 0 unspecified atom stereocenters. The summed E-state index contributed by atoms with van der Waals surface area (Å²) >= 11 is 13.4. The topological polar surface area (TPSA) is 56.1 Å². The third-order valence-corrected chi connectivity index (χ3v) is 6.70. The smallest absolute Gasteiger partial charge is 0.265 e. The fourth-order valence-electron chi connectivity index (χ4n) is 3.07. The Morgan fingerprint density at radius 1 is 1.06 bits per heavy atom. The maximum absolute atomic E-state index is 12.6. The standard InChI is InChI=1S/C24H21Cl2N3O2S/c1-15-3-5-20(7-16(15)2)31-13-18-9-23(32-14-18)24(30)28-19-10-27-29(12-19)11-17-4-6-21(25)22(26)8-17/h3-10,12,14H,11,13H2,1-2H3,(H,28,30). The molecule has 2 aromatic heterocycles. The van der Waals surface area contributed by atoms with Crippen LogP contribution < -0.4 is 10.1 Å². The minimum atomic E-state index is -0.179. The molecule has 0 saturated heterocycles. The number of hydrogen-bond donors (Lipinski definition) is 1. The second-order valence-electron chi connectivity index (χ2n) is 7.48. The van der Waals surface area contributed by atoms with Crippen LogP contribution in [0.5, 0.6) is 5.75 Å². The Labute approximate surface area is 200 Å². The van der Waals surface area contributed by atoms with Gasteiger partial charge in [-0.25, -0.2) is 0 Å². The molecule has 8 heteroatoms. The van der Waals surface area contributed by atoms with E-state index in [1.54, 1.807) is 29.2 Å². The molecule has 32 heavy (non-hydrogen) atoms. The molecule has 4 rings (SSSR count). The molecule has 0 atom stereocenters. The fraction of sp³-hybridized carbons (Fsp3) is 0.167. The van der Waals surface area contributed by atoms with Crippen LogP contribution in [0.4, 0.5) is 5.69 Å². The van der Waals surface area contributed by atoms with Crippen LogP contribution in [0.25, 0.3) is 0 Å². The van der Waals surface area contributed by atoms with Crippen LogP contribution in [0.2, 0.25) is 10.0 Å². The highest BCUT2D eigenvalue weighted by Crippen LogP contribution is 2.24. The number of thiophene rings is 1. The van der Waals surface area contributed by atoms with Crippen molar-refractivity contribution in [3.8, 4) is 5.75 Å². The SMILES string of the molecule is Cc1ccc(OCc2csc(C(=O)Nc3cnn(Cc4ccc(Cl)c(Cl)c4)c3)c2)cc1C. The van der Waals surface area contributed by atoms with Gasteiger partial charge < -0.3 is 10.1 Å². The van der Waals surface area contributed by atoms with E-state index >= 15 is 0 Å². The molecule has 0 aliphatic rings. The fourth-order valence-corrected chi connectivity index (χ4v) is 4.19. The number of amides is 1. The molecular weight excluding hydrogens is 465 g/mol. The molecule has 1 N–H and O–H groups in total. The molecule has 164 valence electrons. The quantitative estimate of drug-likeness (QED) is 0.315. The number of nitrogens with one attached hydrogen (secondary N) is 1. The summed E-state index contributed by atoms with van der Waals surface area (Å²) in [6, 6.07) is 13.3. The molecule has 0 bridgehead atoms.